The summed E-state index contributed by atoms with van der Waals surface area (Å²) < 4.78 is 10.2. The van der Waals surface area contributed by atoms with Crippen LogP contribution >= 0.6 is 11.6 Å². The van der Waals surface area contributed by atoms with E-state index in [1.165, 1.54) is 6.08 Å². The molecule has 0 aliphatic heterocycles. The molecule has 2 rings (SSSR count). The summed E-state index contributed by atoms with van der Waals surface area (Å²) in [6, 6.07) is 5.39. The van der Waals surface area contributed by atoms with Crippen molar-refractivity contribution in [3.63, 3.8) is 0 Å². The monoisotopic (exact) mass is 305 g/mol. The Bertz CT molecular complexity index is 710. The Morgan fingerprint density at radius 2 is 2.19 bits per heavy atom. The molecular formula is C16H16ClNO3. The summed E-state index contributed by atoms with van der Waals surface area (Å²) in [5.74, 6) is 0.253. The van der Waals surface area contributed by atoms with Gasteiger partial charge in [-0.2, -0.15) is 0 Å². The summed E-state index contributed by atoms with van der Waals surface area (Å²) in [5, 5.41) is 1.31. The predicted octanol–water partition coefficient (Wildman–Crippen LogP) is 3.78. The van der Waals surface area contributed by atoms with Crippen LogP contribution in [0, 0.1) is 6.92 Å². The molecule has 1 heterocycles. The van der Waals surface area contributed by atoms with Crippen LogP contribution in [0.1, 0.15) is 18.2 Å². The fourth-order valence-electron chi connectivity index (χ4n) is 2.08. The normalized spacial score (nSPS) is 11.0. The molecule has 0 bridgehead atoms. The number of hydrogen-bond donors (Lipinski definition) is 0. The SMILES string of the molecule is CCOC(=O)/C=C/c1cc(C)nc2c(OC)ccc(Cl)c12. The number of carbonyl (C=O) groups is 1. The van der Waals surface area contributed by atoms with Gasteiger partial charge in [0, 0.05) is 17.2 Å². The molecule has 1 aromatic heterocycles. The number of aryl methyl sites for hydroxylation is 1. The maximum Gasteiger partial charge on any atom is 0.330 e. The van der Waals surface area contributed by atoms with Gasteiger partial charge in [-0.3, -0.25) is 0 Å². The first-order chi connectivity index (χ1) is 10.1. The molecule has 110 valence electrons. The quantitative estimate of drug-likeness (QED) is 0.637. The van der Waals surface area contributed by atoms with Gasteiger partial charge < -0.3 is 9.47 Å². The molecule has 21 heavy (non-hydrogen) atoms. The van der Waals surface area contributed by atoms with Crippen LogP contribution in [0.4, 0.5) is 0 Å². The van der Waals surface area contributed by atoms with Crippen molar-refractivity contribution in [2.24, 2.45) is 0 Å². The molecule has 0 amide bonds. The molecule has 0 saturated heterocycles. The topological polar surface area (TPSA) is 48.4 Å². The standard InChI is InChI=1S/C16H16ClNO3/c1-4-21-14(19)8-5-11-9-10(2)18-16-13(20-3)7-6-12(17)15(11)16/h5-9H,4H2,1-3H3/b8-5+. The van der Waals surface area contributed by atoms with Gasteiger partial charge in [-0.25, -0.2) is 9.78 Å². The van der Waals surface area contributed by atoms with E-state index in [-0.39, 0.29) is 5.97 Å². The van der Waals surface area contributed by atoms with Crippen molar-refractivity contribution in [1.29, 1.82) is 0 Å². The van der Waals surface area contributed by atoms with E-state index in [2.05, 4.69) is 4.98 Å². The molecular weight excluding hydrogens is 290 g/mol. The third-order valence-corrected chi connectivity index (χ3v) is 3.25. The molecule has 4 nitrogen and oxygen atoms in total. The van der Waals surface area contributed by atoms with Gasteiger partial charge >= 0.3 is 5.97 Å². The lowest BCUT2D eigenvalue weighted by Gasteiger charge is -2.10. The minimum absolute atomic E-state index is 0.341. The van der Waals surface area contributed by atoms with Crippen LogP contribution in [0.15, 0.2) is 24.3 Å². The number of carbonyl (C=O) groups excluding carboxylic acids is 1. The van der Waals surface area contributed by atoms with E-state index in [1.807, 2.05) is 13.0 Å². The third-order valence-electron chi connectivity index (χ3n) is 2.94. The van der Waals surface area contributed by atoms with E-state index in [4.69, 9.17) is 21.1 Å². The number of benzene rings is 1. The van der Waals surface area contributed by atoms with E-state index >= 15 is 0 Å². The average molecular weight is 306 g/mol. The van der Waals surface area contributed by atoms with E-state index < -0.39 is 0 Å². The third kappa shape index (κ3) is 3.34. The number of ether oxygens (including phenoxy) is 2. The van der Waals surface area contributed by atoms with Crippen molar-refractivity contribution in [1.82, 2.24) is 4.98 Å². The number of nitrogens with zero attached hydrogens (tertiary/aromatic N) is 1. The number of fused-ring (bicyclic) bond motifs is 1. The first kappa shape index (κ1) is 15.3. The predicted molar refractivity (Wildman–Crippen MR) is 83.7 cm³/mol. The van der Waals surface area contributed by atoms with E-state index in [0.29, 0.717) is 22.9 Å². The Hall–Kier alpha value is -2.07. The highest BCUT2D eigenvalue weighted by molar-refractivity contribution is 6.36. The average Bonchev–Trinajstić information content (AvgIpc) is 2.45. The summed E-state index contributed by atoms with van der Waals surface area (Å²) in [5.41, 5.74) is 2.29. The van der Waals surface area contributed by atoms with Crippen molar-refractivity contribution >= 4 is 34.5 Å². The minimum Gasteiger partial charge on any atom is -0.494 e. The molecule has 2 aromatic rings. The highest BCUT2D eigenvalue weighted by Gasteiger charge is 2.11. The highest BCUT2D eigenvalue weighted by Crippen LogP contribution is 2.33. The maximum absolute atomic E-state index is 11.5. The Morgan fingerprint density at radius 1 is 1.43 bits per heavy atom. The molecule has 0 saturated carbocycles. The van der Waals surface area contributed by atoms with Gasteiger partial charge in [0.25, 0.3) is 0 Å². The number of aromatic nitrogens is 1. The van der Waals surface area contributed by atoms with Gasteiger partial charge in [-0.1, -0.05) is 11.6 Å². The highest BCUT2D eigenvalue weighted by atomic mass is 35.5. The molecule has 0 unspecified atom stereocenters. The molecule has 0 fully saturated rings. The molecule has 0 radical (unpaired) electrons. The van der Waals surface area contributed by atoms with Gasteiger partial charge in [0.2, 0.25) is 0 Å². The largest absolute Gasteiger partial charge is 0.494 e. The smallest absolute Gasteiger partial charge is 0.330 e. The maximum atomic E-state index is 11.5. The fourth-order valence-corrected chi connectivity index (χ4v) is 2.34. The number of pyridine rings is 1. The Kier molecular flexibility index (Phi) is 4.81. The van der Waals surface area contributed by atoms with Crippen molar-refractivity contribution in [2.75, 3.05) is 13.7 Å². The Morgan fingerprint density at radius 3 is 2.86 bits per heavy atom. The lowest BCUT2D eigenvalue weighted by molar-refractivity contribution is -0.137. The number of halogens is 1. The van der Waals surface area contributed by atoms with Crippen molar-refractivity contribution < 1.29 is 14.3 Å². The van der Waals surface area contributed by atoms with E-state index in [0.717, 1.165) is 16.6 Å². The lowest BCUT2D eigenvalue weighted by Crippen LogP contribution is -1.99. The van der Waals surface area contributed by atoms with Crippen LogP contribution < -0.4 is 4.74 Å². The first-order valence-corrected chi connectivity index (χ1v) is 6.93. The summed E-state index contributed by atoms with van der Waals surface area (Å²) in [7, 11) is 1.58. The second-order valence-corrected chi connectivity index (χ2v) is 4.82. The number of esters is 1. The number of rotatable bonds is 4. The lowest BCUT2D eigenvalue weighted by atomic mass is 10.1. The summed E-state index contributed by atoms with van der Waals surface area (Å²) in [6.45, 7) is 3.98. The van der Waals surface area contributed by atoms with Crippen LogP contribution in [0.25, 0.3) is 17.0 Å². The van der Waals surface area contributed by atoms with Crippen molar-refractivity contribution in [3.05, 3.63) is 40.6 Å². The number of hydrogen-bond acceptors (Lipinski definition) is 4. The molecule has 1 aromatic carbocycles. The zero-order valence-electron chi connectivity index (χ0n) is 12.1. The zero-order chi connectivity index (χ0) is 15.4. The van der Waals surface area contributed by atoms with Gasteiger partial charge in [-0.15, -0.1) is 0 Å². The molecule has 0 N–H and O–H groups in total. The first-order valence-electron chi connectivity index (χ1n) is 6.55. The minimum atomic E-state index is -0.390. The van der Waals surface area contributed by atoms with Gasteiger partial charge in [0.15, 0.2) is 0 Å². The molecule has 0 aliphatic rings. The summed E-state index contributed by atoms with van der Waals surface area (Å²) >= 11 is 6.27. The van der Waals surface area contributed by atoms with Crippen LogP contribution in [-0.2, 0) is 9.53 Å². The van der Waals surface area contributed by atoms with Crippen molar-refractivity contribution in [3.8, 4) is 5.75 Å². The Balaban J connectivity index is 2.60. The Labute approximate surface area is 128 Å². The van der Waals surface area contributed by atoms with E-state index in [1.54, 1.807) is 32.2 Å². The van der Waals surface area contributed by atoms with Gasteiger partial charge in [-0.05, 0) is 43.7 Å². The zero-order valence-corrected chi connectivity index (χ0v) is 12.9. The summed E-state index contributed by atoms with van der Waals surface area (Å²) in [6.07, 6.45) is 3.06. The van der Waals surface area contributed by atoms with Crippen LogP contribution in [-0.4, -0.2) is 24.7 Å². The molecule has 0 atom stereocenters. The fraction of sp³-hybridized carbons (Fsp3) is 0.250. The second kappa shape index (κ2) is 6.59. The van der Waals surface area contributed by atoms with Crippen LogP contribution in [0.3, 0.4) is 0 Å². The van der Waals surface area contributed by atoms with Crippen molar-refractivity contribution in [2.45, 2.75) is 13.8 Å². The van der Waals surface area contributed by atoms with Crippen LogP contribution in [0.2, 0.25) is 5.02 Å². The molecule has 0 spiro atoms. The van der Waals surface area contributed by atoms with Crippen LogP contribution in [0.5, 0.6) is 5.75 Å². The second-order valence-electron chi connectivity index (χ2n) is 4.41. The molecule has 5 heteroatoms. The molecule has 0 aliphatic carbocycles. The van der Waals surface area contributed by atoms with Gasteiger partial charge in [0.1, 0.15) is 11.3 Å². The van der Waals surface area contributed by atoms with Gasteiger partial charge in [0.05, 0.1) is 18.7 Å². The summed E-state index contributed by atoms with van der Waals surface area (Å²) in [4.78, 5) is 15.9. The van der Waals surface area contributed by atoms with E-state index in [9.17, 15) is 4.79 Å². The number of methoxy groups -OCH3 is 1.